The molecule has 4 bridgehead atoms. The van der Waals surface area contributed by atoms with Gasteiger partial charge in [0.05, 0.1) is 17.7 Å². The Morgan fingerprint density at radius 3 is 2.48 bits per heavy atom. The summed E-state index contributed by atoms with van der Waals surface area (Å²) in [7, 11) is 1.53. The van der Waals surface area contributed by atoms with Gasteiger partial charge in [0, 0.05) is 13.0 Å². The predicted molar refractivity (Wildman–Crippen MR) is 91.6 cm³/mol. The van der Waals surface area contributed by atoms with Gasteiger partial charge in [0.1, 0.15) is 17.1 Å². The van der Waals surface area contributed by atoms with Gasteiger partial charge in [0.15, 0.2) is 0 Å². The summed E-state index contributed by atoms with van der Waals surface area (Å²) in [5, 5.41) is 3.17. The highest BCUT2D eigenvalue weighted by molar-refractivity contribution is 6.34. The lowest BCUT2D eigenvalue weighted by atomic mass is 9.47. The largest absolute Gasteiger partial charge is 0.497 e. The molecule has 0 saturated heterocycles. The number of halogens is 3. The van der Waals surface area contributed by atoms with Gasteiger partial charge in [-0.1, -0.05) is 11.6 Å². The smallest absolute Gasteiger partial charge is 0.252 e. The normalized spacial score (nSPS) is 38.6. The quantitative estimate of drug-likeness (QED) is 0.849. The van der Waals surface area contributed by atoms with Crippen LogP contribution in [-0.4, -0.2) is 30.9 Å². The number of hydrogen-bond acceptors (Lipinski definition) is 2. The van der Waals surface area contributed by atoms with Crippen LogP contribution in [0, 0.1) is 11.3 Å². The van der Waals surface area contributed by atoms with Crippen LogP contribution in [0.15, 0.2) is 18.2 Å². The lowest BCUT2D eigenvalue weighted by Gasteiger charge is -2.61. The van der Waals surface area contributed by atoms with Crippen LogP contribution in [0.3, 0.4) is 0 Å². The van der Waals surface area contributed by atoms with Gasteiger partial charge in [-0.2, -0.15) is 0 Å². The molecule has 1 aromatic rings. The van der Waals surface area contributed by atoms with E-state index in [9.17, 15) is 13.6 Å². The maximum absolute atomic E-state index is 15.0. The van der Waals surface area contributed by atoms with Crippen LogP contribution in [0.4, 0.5) is 8.78 Å². The Morgan fingerprint density at radius 1 is 1.24 bits per heavy atom. The summed E-state index contributed by atoms with van der Waals surface area (Å²) in [6.45, 7) is 0.294. The number of carbonyl (C=O) groups excluding carboxylic acids is 1. The second-order valence-corrected chi connectivity index (χ2v) is 8.75. The molecule has 0 spiro atoms. The summed E-state index contributed by atoms with van der Waals surface area (Å²) >= 11 is 6.14. The monoisotopic (exact) mass is 369 g/mol. The molecule has 0 radical (unpaired) electrons. The Hall–Kier alpha value is -1.36. The Kier molecular flexibility index (Phi) is 3.80. The van der Waals surface area contributed by atoms with Gasteiger partial charge >= 0.3 is 0 Å². The van der Waals surface area contributed by atoms with E-state index in [0.717, 1.165) is 6.42 Å². The fourth-order valence-corrected chi connectivity index (χ4v) is 6.02. The first kappa shape index (κ1) is 17.1. The third-order valence-electron chi connectivity index (χ3n) is 6.09. The third-order valence-corrected chi connectivity index (χ3v) is 6.41. The van der Waals surface area contributed by atoms with E-state index >= 15 is 0 Å². The highest BCUT2D eigenvalue weighted by Crippen LogP contribution is 2.65. The van der Waals surface area contributed by atoms with Crippen molar-refractivity contribution in [3.63, 3.8) is 0 Å². The molecule has 4 fully saturated rings. The Bertz CT molecular complexity index is 707. The average molecular weight is 370 g/mol. The van der Waals surface area contributed by atoms with Crippen molar-refractivity contribution in [1.29, 1.82) is 0 Å². The van der Waals surface area contributed by atoms with E-state index in [1.165, 1.54) is 7.11 Å². The fraction of sp³-hybridized carbons (Fsp3) is 0.632. The van der Waals surface area contributed by atoms with E-state index < -0.39 is 16.8 Å². The molecule has 4 aliphatic carbocycles. The summed E-state index contributed by atoms with van der Waals surface area (Å²) in [6.07, 6.45) is 2.45. The number of methoxy groups -OCH3 is 1. The van der Waals surface area contributed by atoms with Crippen molar-refractivity contribution in [1.82, 2.24) is 5.32 Å². The standard InChI is InChI=1S/C19H22ClF2NO2/c1-25-13-2-3-14(15(20)4-13)16(24)23-11-17-5-12-6-18(21,8-17)10-19(22,7-12)9-17/h2-4,12H,5-11H2,1H3,(H,23,24). The second-order valence-electron chi connectivity index (χ2n) is 8.34. The third kappa shape index (κ3) is 3.01. The Balaban J connectivity index is 1.49. The maximum atomic E-state index is 15.0. The van der Waals surface area contributed by atoms with Crippen molar-refractivity contribution >= 4 is 17.5 Å². The molecule has 1 N–H and O–H groups in total. The number of ether oxygens (including phenoxy) is 1. The molecule has 4 saturated carbocycles. The Labute approximate surface area is 151 Å². The lowest BCUT2D eigenvalue weighted by molar-refractivity contribution is -0.172. The number of benzene rings is 1. The summed E-state index contributed by atoms with van der Waals surface area (Å²) in [6, 6.07) is 4.84. The maximum Gasteiger partial charge on any atom is 0.252 e. The zero-order chi connectivity index (χ0) is 17.9. The van der Waals surface area contributed by atoms with Crippen molar-refractivity contribution in [3.05, 3.63) is 28.8 Å². The number of carbonyl (C=O) groups is 1. The van der Waals surface area contributed by atoms with Crippen molar-refractivity contribution < 1.29 is 18.3 Å². The van der Waals surface area contributed by atoms with Crippen molar-refractivity contribution in [2.24, 2.45) is 11.3 Å². The van der Waals surface area contributed by atoms with Gasteiger partial charge in [0.2, 0.25) is 0 Å². The zero-order valence-corrected chi connectivity index (χ0v) is 15.0. The first-order valence-electron chi connectivity index (χ1n) is 8.74. The number of nitrogens with one attached hydrogen (secondary N) is 1. The molecule has 136 valence electrons. The first-order chi connectivity index (χ1) is 11.7. The minimum absolute atomic E-state index is 0.0243. The molecule has 2 unspecified atom stereocenters. The SMILES string of the molecule is COc1ccc(C(=O)NCC23CC4CC(F)(CC(F)(C4)C2)C3)c(Cl)c1. The van der Waals surface area contributed by atoms with Crippen LogP contribution in [0.25, 0.3) is 0 Å². The predicted octanol–water partition coefficient (Wildman–Crippen LogP) is 4.48. The van der Waals surface area contributed by atoms with Crippen LogP contribution in [0.1, 0.15) is 48.9 Å². The molecule has 1 aromatic carbocycles. The van der Waals surface area contributed by atoms with Crippen molar-refractivity contribution in [3.8, 4) is 5.75 Å². The molecular weight excluding hydrogens is 348 g/mol. The molecule has 2 atom stereocenters. The van der Waals surface area contributed by atoms with E-state index in [1.54, 1.807) is 18.2 Å². The first-order valence-corrected chi connectivity index (χ1v) is 9.11. The topological polar surface area (TPSA) is 38.3 Å². The number of hydrogen-bond donors (Lipinski definition) is 1. The molecular formula is C19H22ClF2NO2. The highest BCUT2D eigenvalue weighted by Gasteiger charge is 2.64. The zero-order valence-electron chi connectivity index (χ0n) is 14.2. The molecule has 25 heavy (non-hydrogen) atoms. The van der Waals surface area contributed by atoms with Crippen molar-refractivity contribution in [2.45, 2.75) is 49.9 Å². The van der Waals surface area contributed by atoms with Crippen LogP contribution < -0.4 is 10.1 Å². The van der Waals surface area contributed by atoms with Crippen LogP contribution in [0.2, 0.25) is 5.02 Å². The summed E-state index contributed by atoms with van der Waals surface area (Å²) < 4.78 is 35.0. The summed E-state index contributed by atoms with van der Waals surface area (Å²) in [4.78, 5) is 12.5. The average Bonchev–Trinajstić information content (AvgIpc) is 2.49. The fourth-order valence-electron chi connectivity index (χ4n) is 5.76. The molecule has 0 heterocycles. The molecule has 1 amide bonds. The molecule has 3 nitrogen and oxygen atoms in total. The van der Waals surface area contributed by atoms with Crippen LogP contribution >= 0.6 is 11.6 Å². The molecule has 6 heteroatoms. The number of rotatable bonds is 4. The summed E-state index contributed by atoms with van der Waals surface area (Å²) in [5.74, 6) is 0.346. The van der Waals surface area contributed by atoms with Gasteiger partial charge in [-0.05, 0) is 61.6 Å². The van der Waals surface area contributed by atoms with E-state index in [4.69, 9.17) is 16.3 Å². The van der Waals surface area contributed by atoms with E-state index in [-0.39, 0.29) is 18.2 Å². The van der Waals surface area contributed by atoms with Crippen LogP contribution in [-0.2, 0) is 0 Å². The van der Waals surface area contributed by atoms with Crippen molar-refractivity contribution in [2.75, 3.05) is 13.7 Å². The van der Waals surface area contributed by atoms with Gasteiger partial charge in [-0.15, -0.1) is 0 Å². The minimum atomic E-state index is -1.41. The number of alkyl halides is 2. The van der Waals surface area contributed by atoms with Gasteiger partial charge in [-0.3, -0.25) is 4.79 Å². The Morgan fingerprint density at radius 2 is 1.92 bits per heavy atom. The van der Waals surface area contributed by atoms with Crippen LogP contribution in [0.5, 0.6) is 5.75 Å². The van der Waals surface area contributed by atoms with E-state index in [1.807, 2.05) is 0 Å². The molecule has 0 aliphatic heterocycles. The number of amides is 1. The highest BCUT2D eigenvalue weighted by atomic mass is 35.5. The van der Waals surface area contributed by atoms with Gasteiger partial charge < -0.3 is 10.1 Å². The second kappa shape index (κ2) is 5.57. The molecule has 5 rings (SSSR count). The molecule has 4 aliphatic rings. The van der Waals surface area contributed by atoms with Gasteiger partial charge in [-0.25, -0.2) is 8.78 Å². The van der Waals surface area contributed by atoms with Gasteiger partial charge in [0.25, 0.3) is 5.91 Å². The summed E-state index contributed by atoms with van der Waals surface area (Å²) in [5.41, 5.74) is -2.94. The minimum Gasteiger partial charge on any atom is -0.497 e. The van der Waals surface area contributed by atoms with E-state index in [2.05, 4.69) is 5.32 Å². The molecule has 0 aromatic heterocycles. The van der Waals surface area contributed by atoms with E-state index in [0.29, 0.717) is 48.6 Å². The lowest BCUT2D eigenvalue weighted by Crippen LogP contribution is -2.62.